The molecule has 1 N–H and O–H groups in total. The zero-order valence-electron chi connectivity index (χ0n) is 12.1. The Hall–Kier alpha value is -2.14. The van der Waals surface area contributed by atoms with Gasteiger partial charge in [-0.2, -0.15) is 5.10 Å². The molecule has 5 nitrogen and oxygen atoms in total. The minimum atomic E-state index is -0.307. The molecule has 0 aliphatic heterocycles. The molecule has 1 amide bonds. The summed E-state index contributed by atoms with van der Waals surface area (Å²) < 4.78 is 1.16. The van der Waals surface area contributed by atoms with Crippen molar-refractivity contribution in [2.45, 2.75) is 27.3 Å². The van der Waals surface area contributed by atoms with Crippen LogP contribution in [0.25, 0.3) is 0 Å². The Balaban J connectivity index is 2.15. The molecule has 0 spiro atoms. The first-order valence-corrected chi connectivity index (χ1v) is 6.86. The predicted octanol–water partition coefficient (Wildman–Crippen LogP) is 2.46. The zero-order valence-corrected chi connectivity index (χ0v) is 12.9. The van der Waals surface area contributed by atoms with Crippen LogP contribution in [0, 0.1) is 20.8 Å². The van der Waals surface area contributed by atoms with Gasteiger partial charge >= 0.3 is 0 Å². The van der Waals surface area contributed by atoms with E-state index in [0.717, 1.165) is 21.5 Å². The first-order valence-electron chi connectivity index (χ1n) is 6.48. The van der Waals surface area contributed by atoms with Crippen molar-refractivity contribution in [1.82, 2.24) is 9.78 Å². The van der Waals surface area contributed by atoms with Crippen LogP contribution in [0.3, 0.4) is 0 Å². The van der Waals surface area contributed by atoms with Crippen LogP contribution < -0.4 is 10.9 Å². The Kier molecular flexibility index (Phi) is 4.43. The largest absolute Gasteiger partial charge is 0.324 e. The molecule has 2 aromatic rings. The molecule has 1 aromatic heterocycles. The molecule has 1 aromatic carbocycles. The molecular formula is C15H16ClN3O2. The molecule has 6 heteroatoms. The molecule has 0 aliphatic rings. The van der Waals surface area contributed by atoms with Crippen molar-refractivity contribution in [3.63, 3.8) is 0 Å². The molecule has 0 radical (unpaired) electrons. The maximum absolute atomic E-state index is 12.0. The minimum absolute atomic E-state index is 0.123. The van der Waals surface area contributed by atoms with Crippen molar-refractivity contribution in [3.05, 3.63) is 56.5 Å². The summed E-state index contributed by atoms with van der Waals surface area (Å²) in [6.07, 6.45) is 0. The lowest BCUT2D eigenvalue weighted by Crippen LogP contribution is -2.30. The van der Waals surface area contributed by atoms with Gasteiger partial charge in [-0.15, -0.1) is 0 Å². The molecule has 21 heavy (non-hydrogen) atoms. The average molecular weight is 306 g/mol. The van der Waals surface area contributed by atoms with Gasteiger partial charge in [0.25, 0.3) is 5.56 Å². The van der Waals surface area contributed by atoms with Gasteiger partial charge in [0.2, 0.25) is 5.91 Å². The quantitative estimate of drug-likeness (QED) is 0.947. The van der Waals surface area contributed by atoms with E-state index in [4.69, 9.17) is 11.6 Å². The Morgan fingerprint density at radius 2 is 1.95 bits per heavy atom. The maximum atomic E-state index is 12.0. The summed E-state index contributed by atoms with van der Waals surface area (Å²) in [6, 6.07) is 6.66. The van der Waals surface area contributed by atoms with Crippen LogP contribution in [0.4, 0.5) is 5.69 Å². The number of hydrogen-bond donors (Lipinski definition) is 1. The van der Waals surface area contributed by atoms with Gasteiger partial charge in [-0.3, -0.25) is 9.59 Å². The van der Waals surface area contributed by atoms with Gasteiger partial charge in [-0.25, -0.2) is 4.68 Å². The first-order chi connectivity index (χ1) is 9.86. The van der Waals surface area contributed by atoms with Crippen LogP contribution in [-0.4, -0.2) is 15.7 Å². The smallest absolute Gasteiger partial charge is 0.267 e. The van der Waals surface area contributed by atoms with Crippen molar-refractivity contribution in [3.8, 4) is 0 Å². The third-order valence-electron chi connectivity index (χ3n) is 3.19. The van der Waals surface area contributed by atoms with Crippen molar-refractivity contribution < 1.29 is 4.79 Å². The number of nitrogens with one attached hydrogen (secondary N) is 1. The second-order valence-corrected chi connectivity index (χ2v) is 5.35. The third-order valence-corrected chi connectivity index (χ3v) is 3.43. The second kappa shape index (κ2) is 6.10. The molecule has 0 bridgehead atoms. The summed E-state index contributed by atoms with van der Waals surface area (Å²) in [5.74, 6) is -0.307. The van der Waals surface area contributed by atoms with E-state index in [1.54, 1.807) is 25.1 Å². The van der Waals surface area contributed by atoms with Crippen molar-refractivity contribution in [1.29, 1.82) is 0 Å². The van der Waals surface area contributed by atoms with Gasteiger partial charge in [-0.1, -0.05) is 11.6 Å². The number of hydrogen-bond acceptors (Lipinski definition) is 3. The number of rotatable bonds is 3. The molecule has 110 valence electrons. The maximum Gasteiger partial charge on any atom is 0.267 e. The van der Waals surface area contributed by atoms with Gasteiger partial charge in [-0.05, 0) is 50.1 Å². The Labute approximate surface area is 127 Å². The molecule has 0 atom stereocenters. The van der Waals surface area contributed by atoms with Crippen LogP contribution >= 0.6 is 11.6 Å². The van der Waals surface area contributed by atoms with E-state index >= 15 is 0 Å². The Bertz CT molecular complexity index is 753. The number of benzene rings is 1. The lowest BCUT2D eigenvalue weighted by molar-refractivity contribution is -0.117. The summed E-state index contributed by atoms with van der Waals surface area (Å²) in [7, 11) is 0. The highest BCUT2D eigenvalue weighted by Gasteiger charge is 2.09. The topological polar surface area (TPSA) is 64.0 Å². The van der Waals surface area contributed by atoms with Crippen molar-refractivity contribution in [2.24, 2.45) is 0 Å². The first kappa shape index (κ1) is 15.3. The van der Waals surface area contributed by atoms with Gasteiger partial charge in [0.05, 0.1) is 5.69 Å². The van der Waals surface area contributed by atoms with Crippen LogP contribution in [-0.2, 0) is 11.3 Å². The minimum Gasteiger partial charge on any atom is -0.324 e. The zero-order chi connectivity index (χ0) is 15.6. The SMILES string of the molecule is Cc1cc(Cl)ccc1NC(=O)Cn1nc(C)c(C)cc1=O. The van der Waals surface area contributed by atoms with Crippen molar-refractivity contribution >= 4 is 23.2 Å². The van der Waals surface area contributed by atoms with E-state index in [1.807, 2.05) is 13.8 Å². The molecule has 1 heterocycles. The summed E-state index contributed by atoms with van der Waals surface area (Å²) in [6.45, 7) is 5.34. The van der Waals surface area contributed by atoms with Gasteiger partial charge in [0.1, 0.15) is 6.54 Å². The summed E-state index contributed by atoms with van der Waals surface area (Å²) >= 11 is 5.87. The summed E-state index contributed by atoms with van der Waals surface area (Å²) in [4.78, 5) is 23.8. The number of carbonyl (C=O) groups excluding carboxylic acids is 1. The number of amides is 1. The van der Waals surface area contributed by atoms with E-state index in [0.29, 0.717) is 10.7 Å². The van der Waals surface area contributed by atoms with E-state index in [2.05, 4.69) is 10.4 Å². The Morgan fingerprint density at radius 1 is 1.24 bits per heavy atom. The average Bonchev–Trinajstić information content (AvgIpc) is 2.39. The van der Waals surface area contributed by atoms with Crippen LogP contribution in [0.2, 0.25) is 5.02 Å². The predicted molar refractivity (Wildman–Crippen MR) is 82.8 cm³/mol. The number of aryl methyl sites for hydroxylation is 3. The summed E-state index contributed by atoms with van der Waals surface area (Å²) in [5.41, 5.74) is 2.77. The van der Waals surface area contributed by atoms with E-state index in [1.165, 1.54) is 6.07 Å². The Morgan fingerprint density at radius 3 is 2.62 bits per heavy atom. The second-order valence-electron chi connectivity index (χ2n) is 4.92. The number of halogens is 1. The van der Waals surface area contributed by atoms with Gasteiger partial charge in [0.15, 0.2) is 0 Å². The molecular weight excluding hydrogens is 290 g/mol. The van der Waals surface area contributed by atoms with E-state index in [9.17, 15) is 9.59 Å². The fraction of sp³-hybridized carbons (Fsp3) is 0.267. The standard InChI is InChI=1S/C15H16ClN3O2/c1-9-7-15(21)19(18-11(9)3)8-14(20)17-13-5-4-12(16)6-10(13)2/h4-7H,8H2,1-3H3,(H,17,20). The van der Waals surface area contributed by atoms with Crippen molar-refractivity contribution in [2.75, 3.05) is 5.32 Å². The molecule has 2 rings (SSSR count). The van der Waals surface area contributed by atoms with Gasteiger partial charge < -0.3 is 5.32 Å². The number of nitrogens with zero attached hydrogens (tertiary/aromatic N) is 2. The fourth-order valence-corrected chi connectivity index (χ4v) is 2.11. The van der Waals surface area contributed by atoms with E-state index in [-0.39, 0.29) is 18.0 Å². The number of aromatic nitrogens is 2. The van der Waals surface area contributed by atoms with E-state index < -0.39 is 0 Å². The molecule has 0 saturated carbocycles. The van der Waals surface area contributed by atoms with Crippen LogP contribution in [0.1, 0.15) is 16.8 Å². The monoisotopic (exact) mass is 305 g/mol. The molecule has 0 fully saturated rings. The highest BCUT2D eigenvalue weighted by Crippen LogP contribution is 2.19. The normalized spacial score (nSPS) is 10.5. The highest BCUT2D eigenvalue weighted by atomic mass is 35.5. The lowest BCUT2D eigenvalue weighted by atomic mass is 10.2. The molecule has 0 unspecified atom stereocenters. The van der Waals surface area contributed by atoms with Crippen LogP contribution in [0.5, 0.6) is 0 Å². The third kappa shape index (κ3) is 3.70. The molecule has 0 aliphatic carbocycles. The van der Waals surface area contributed by atoms with Crippen LogP contribution in [0.15, 0.2) is 29.1 Å². The number of anilines is 1. The fourth-order valence-electron chi connectivity index (χ4n) is 1.88. The lowest BCUT2D eigenvalue weighted by Gasteiger charge is -2.10. The molecule has 0 saturated heterocycles. The number of carbonyl (C=O) groups is 1. The highest BCUT2D eigenvalue weighted by molar-refractivity contribution is 6.30. The van der Waals surface area contributed by atoms with Gasteiger partial charge in [0, 0.05) is 16.8 Å². The summed E-state index contributed by atoms with van der Waals surface area (Å²) in [5, 5.41) is 7.47.